The molecule has 1 heterocycles. The number of rotatable bonds is 1. The summed E-state index contributed by atoms with van der Waals surface area (Å²) in [4.78, 5) is 15.3. The number of aromatic carboxylic acids is 1. The van der Waals surface area contributed by atoms with E-state index in [2.05, 4.69) is 4.98 Å². The highest BCUT2D eigenvalue weighted by atomic mass is 16.4. The Hall–Kier alpha value is -2.42. The number of fused-ring (bicyclic) bond motifs is 3. The molecule has 3 heteroatoms. The maximum atomic E-state index is 11.0. The van der Waals surface area contributed by atoms with E-state index >= 15 is 0 Å². The lowest BCUT2D eigenvalue weighted by molar-refractivity contribution is 0.0697. The van der Waals surface area contributed by atoms with Crippen LogP contribution in [-0.2, 0) is 0 Å². The molecular formula is C14H9NO2. The van der Waals surface area contributed by atoms with Crippen molar-refractivity contribution < 1.29 is 9.90 Å². The quantitative estimate of drug-likeness (QED) is 0.689. The molecule has 1 N–H and O–H groups in total. The summed E-state index contributed by atoms with van der Waals surface area (Å²) in [5.41, 5.74) is 2.14. The summed E-state index contributed by atoms with van der Waals surface area (Å²) in [7, 11) is 0. The second-order valence-electron chi connectivity index (χ2n) is 3.88. The Labute approximate surface area is 97.7 Å². The van der Waals surface area contributed by atoms with Crippen LogP contribution in [0, 0.1) is 0 Å². The van der Waals surface area contributed by atoms with E-state index in [1.807, 2.05) is 30.3 Å². The predicted molar refractivity (Wildman–Crippen MR) is 65.3 cm³/mol. The van der Waals surface area contributed by atoms with E-state index in [-0.39, 0.29) is 5.56 Å². The minimum absolute atomic E-state index is 0.285. The summed E-state index contributed by atoms with van der Waals surface area (Å²) >= 11 is 0. The third-order valence-electron chi connectivity index (χ3n) is 2.84. The highest BCUT2D eigenvalue weighted by Crippen LogP contribution is 2.28. The predicted octanol–water partition coefficient (Wildman–Crippen LogP) is 3.04. The van der Waals surface area contributed by atoms with Crippen molar-refractivity contribution in [3.05, 3.63) is 54.2 Å². The molecule has 3 rings (SSSR count). The van der Waals surface area contributed by atoms with Crippen LogP contribution in [0.2, 0.25) is 0 Å². The number of benzene rings is 1. The van der Waals surface area contributed by atoms with Crippen LogP contribution in [0.15, 0.2) is 48.7 Å². The van der Waals surface area contributed by atoms with Crippen molar-refractivity contribution in [2.24, 2.45) is 0 Å². The number of nitrogens with zero attached hydrogens (tertiary/aromatic N) is 1. The molecule has 0 spiro atoms. The van der Waals surface area contributed by atoms with Gasteiger partial charge in [-0.3, -0.25) is 4.98 Å². The van der Waals surface area contributed by atoms with Crippen LogP contribution >= 0.6 is 0 Å². The van der Waals surface area contributed by atoms with Crippen LogP contribution in [0.5, 0.6) is 0 Å². The van der Waals surface area contributed by atoms with Gasteiger partial charge in [-0.15, -0.1) is 0 Å². The summed E-state index contributed by atoms with van der Waals surface area (Å²) in [6.07, 6.45) is 1.73. The molecule has 1 aromatic carbocycles. The maximum Gasteiger partial charge on any atom is 0.335 e. The number of hydrogen-bond donors (Lipinski definition) is 1. The molecule has 0 radical (unpaired) electrons. The molecule has 2 aliphatic rings. The molecule has 0 saturated carbocycles. The monoisotopic (exact) mass is 223 g/mol. The highest BCUT2D eigenvalue weighted by Gasteiger charge is 2.09. The van der Waals surface area contributed by atoms with Crippen LogP contribution in [0.3, 0.4) is 0 Å². The molecule has 0 fully saturated rings. The van der Waals surface area contributed by atoms with E-state index in [1.54, 1.807) is 18.3 Å². The Kier molecular flexibility index (Phi) is 2.05. The van der Waals surface area contributed by atoms with Crippen molar-refractivity contribution in [3.8, 4) is 11.3 Å². The number of aromatic nitrogens is 1. The largest absolute Gasteiger partial charge is 0.478 e. The normalized spacial score (nSPS) is 10.8. The van der Waals surface area contributed by atoms with Crippen molar-refractivity contribution >= 4 is 16.7 Å². The summed E-state index contributed by atoms with van der Waals surface area (Å²) in [5, 5.41) is 10.9. The van der Waals surface area contributed by atoms with Gasteiger partial charge in [0.1, 0.15) is 0 Å². The Morgan fingerprint density at radius 3 is 2.82 bits per heavy atom. The zero-order valence-electron chi connectivity index (χ0n) is 8.92. The first-order valence-corrected chi connectivity index (χ1v) is 5.26. The van der Waals surface area contributed by atoms with Crippen LogP contribution in [0.1, 0.15) is 10.4 Å². The SMILES string of the molecule is O=C(O)c1ccc2cccc3ccnc-3c2c1. The minimum Gasteiger partial charge on any atom is -0.478 e. The first-order chi connectivity index (χ1) is 8.25. The molecule has 3 nitrogen and oxygen atoms in total. The second-order valence-corrected chi connectivity index (χ2v) is 3.88. The van der Waals surface area contributed by atoms with E-state index in [0.29, 0.717) is 0 Å². The zero-order valence-corrected chi connectivity index (χ0v) is 8.92. The number of hydrogen-bond acceptors (Lipinski definition) is 2. The zero-order chi connectivity index (χ0) is 11.8. The van der Waals surface area contributed by atoms with Gasteiger partial charge in [0.15, 0.2) is 0 Å². The van der Waals surface area contributed by atoms with Gasteiger partial charge >= 0.3 is 5.97 Å². The minimum atomic E-state index is -0.918. The lowest BCUT2D eigenvalue weighted by Gasteiger charge is -1.99. The van der Waals surface area contributed by atoms with E-state index < -0.39 is 5.97 Å². The first kappa shape index (κ1) is 9.78. The standard InChI is InChI=1S/C14H9NO2/c16-14(17)11-5-4-9-2-1-3-10-6-7-15-13(10)12(9)8-11/h1-8H,(H,16,17). The topological polar surface area (TPSA) is 50.2 Å². The maximum absolute atomic E-state index is 11.0. The van der Waals surface area contributed by atoms with Gasteiger partial charge in [-0.1, -0.05) is 24.3 Å². The number of carboxylic acid groups (broad SMARTS) is 1. The van der Waals surface area contributed by atoms with Crippen LogP contribution in [0.4, 0.5) is 0 Å². The summed E-state index contributed by atoms with van der Waals surface area (Å²) in [6, 6.07) is 12.9. The third-order valence-corrected chi connectivity index (χ3v) is 2.84. The van der Waals surface area contributed by atoms with Gasteiger partial charge < -0.3 is 5.11 Å². The van der Waals surface area contributed by atoms with E-state index in [4.69, 9.17) is 5.11 Å². The fraction of sp³-hybridized carbons (Fsp3) is 0. The van der Waals surface area contributed by atoms with E-state index in [0.717, 1.165) is 22.0 Å². The van der Waals surface area contributed by atoms with Gasteiger partial charge in [0.25, 0.3) is 0 Å². The Morgan fingerprint density at radius 1 is 1.12 bits per heavy atom. The van der Waals surface area contributed by atoms with Crippen molar-refractivity contribution in [2.75, 3.05) is 0 Å². The lowest BCUT2D eigenvalue weighted by atomic mass is 10.1. The molecule has 0 saturated heterocycles. The van der Waals surface area contributed by atoms with Crippen molar-refractivity contribution in [2.45, 2.75) is 0 Å². The van der Waals surface area contributed by atoms with E-state index in [9.17, 15) is 4.79 Å². The smallest absolute Gasteiger partial charge is 0.335 e. The van der Waals surface area contributed by atoms with Crippen molar-refractivity contribution in [3.63, 3.8) is 0 Å². The van der Waals surface area contributed by atoms with Gasteiger partial charge in [-0.2, -0.15) is 0 Å². The molecule has 0 unspecified atom stereocenters. The molecule has 1 aliphatic heterocycles. The van der Waals surface area contributed by atoms with Crippen LogP contribution in [0.25, 0.3) is 22.0 Å². The van der Waals surface area contributed by atoms with Gasteiger partial charge in [0.2, 0.25) is 0 Å². The molecule has 0 atom stereocenters. The third kappa shape index (κ3) is 1.52. The molecule has 82 valence electrons. The van der Waals surface area contributed by atoms with Crippen molar-refractivity contribution in [1.29, 1.82) is 0 Å². The second kappa shape index (κ2) is 3.56. The van der Waals surface area contributed by atoms with Gasteiger partial charge in [-0.05, 0) is 23.6 Å². The molecule has 0 aromatic heterocycles. The molecule has 1 aromatic rings. The summed E-state index contributed by atoms with van der Waals surface area (Å²) in [6.45, 7) is 0. The van der Waals surface area contributed by atoms with Gasteiger partial charge in [0, 0.05) is 17.1 Å². The van der Waals surface area contributed by atoms with E-state index in [1.165, 1.54) is 0 Å². The molecular weight excluding hydrogens is 214 g/mol. The summed E-state index contributed by atoms with van der Waals surface area (Å²) < 4.78 is 0. The Bertz CT molecular complexity index is 691. The fourth-order valence-electron chi connectivity index (χ4n) is 2.00. The highest BCUT2D eigenvalue weighted by molar-refractivity contribution is 6.00. The molecule has 1 aliphatic carbocycles. The van der Waals surface area contributed by atoms with Gasteiger partial charge in [-0.25, -0.2) is 4.79 Å². The lowest BCUT2D eigenvalue weighted by Crippen LogP contribution is -1.95. The average molecular weight is 223 g/mol. The van der Waals surface area contributed by atoms with Crippen LogP contribution in [-0.4, -0.2) is 16.1 Å². The fourth-order valence-corrected chi connectivity index (χ4v) is 2.00. The summed E-state index contributed by atoms with van der Waals surface area (Å²) in [5.74, 6) is -0.918. The first-order valence-electron chi connectivity index (χ1n) is 5.26. The molecule has 0 bridgehead atoms. The Morgan fingerprint density at radius 2 is 2.00 bits per heavy atom. The molecule has 0 amide bonds. The Balaban J connectivity index is 2.43. The number of carbonyl (C=O) groups is 1. The average Bonchev–Trinajstić information content (AvgIpc) is 2.71. The van der Waals surface area contributed by atoms with Crippen molar-refractivity contribution in [1.82, 2.24) is 4.98 Å². The molecule has 17 heavy (non-hydrogen) atoms. The number of carboxylic acids is 1. The van der Waals surface area contributed by atoms with Gasteiger partial charge in [0.05, 0.1) is 11.3 Å². The van der Waals surface area contributed by atoms with Crippen LogP contribution < -0.4 is 0 Å².